The predicted molar refractivity (Wildman–Crippen MR) is 84.4 cm³/mol. The smallest absolute Gasteiger partial charge is 0.230 e. The Morgan fingerprint density at radius 2 is 1.95 bits per heavy atom. The lowest BCUT2D eigenvalue weighted by atomic mass is 10.1. The van der Waals surface area contributed by atoms with Crippen LogP contribution in [0.15, 0.2) is 24.3 Å². The third kappa shape index (κ3) is 6.93. The third-order valence-electron chi connectivity index (χ3n) is 2.55. The molecule has 0 bridgehead atoms. The quantitative estimate of drug-likeness (QED) is 0.721. The molecule has 6 heteroatoms. The number of nitrogens with two attached hydrogens (primary N) is 1. The summed E-state index contributed by atoms with van der Waals surface area (Å²) in [5, 5.41) is 3.37. The van der Waals surface area contributed by atoms with E-state index < -0.39 is 0 Å². The highest BCUT2D eigenvalue weighted by Gasteiger charge is 2.08. The highest BCUT2D eigenvalue weighted by atomic mass is 35.5. The molecular formula is C14H19ClN2O2S. The molecule has 0 aliphatic rings. The second-order valence-electron chi connectivity index (χ2n) is 4.54. The average Bonchev–Trinajstić information content (AvgIpc) is 2.39. The van der Waals surface area contributed by atoms with Crippen molar-refractivity contribution in [3.8, 4) is 0 Å². The number of benzene rings is 1. The Morgan fingerprint density at radius 1 is 1.30 bits per heavy atom. The van der Waals surface area contributed by atoms with Gasteiger partial charge in [-0.15, -0.1) is 11.8 Å². The largest absolute Gasteiger partial charge is 0.355 e. The highest BCUT2D eigenvalue weighted by Crippen LogP contribution is 2.12. The first-order valence-electron chi connectivity index (χ1n) is 6.38. The van der Waals surface area contributed by atoms with Crippen molar-refractivity contribution < 1.29 is 9.59 Å². The van der Waals surface area contributed by atoms with Crippen molar-refractivity contribution in [3.05, 3.63) is 34.9 Å². The first kappa shape index (κ1) is 17.0. The number of halogens is 1. The van der Waals surface area contributed by atoms with E-state index in [0.717, 1.165) is 6.42 Å². The summed E-state index contributed by atoms with van der Waals surface area (Å²) in [6.45, 7) is 2.47. The van der Waals surface area contributed by atoms with Crippen molar-refractivity contribution in [3.63, 3.8) is 0 Å². The van der Waals surface area contributed by atoms with Gasteiger partial charge in [0.25, 0.3) is 0 Å². The molecule has 4 nitrogen and oxygen atoms in total. The Labute approximate surface area is 128 Å². The zero-order valence-corrected chi connectivity index (χ0v) is 13.0. The summed E-state index contributed by atoms with van der Waals surface area (Å²) in [7, 11) is 0. The van der Waals surface area contributed by atoms with E-state index in [1.807, 2.05) is 6.92 Å². The first-order chi connectivity index (χ1) is 9.49. The van der Waals surface area contributed by atoms with Crippen molar-refractivity contribution in [1.29, 1.82) is 0 Å². The van der Waals surface area contributed by atoms with Crippen molar-refractivity contribution in [2.45, 2.75) is 19.4 Å². The fraction of sp³-hybridized carbons (Fsp3) is 0.429. The maximum atomic E-state index is 11.8. The van der Waals surface area contributed by atoms with Gasteiger partial charge in [0.2, 0.25) is 5.91 Å². The number of ketones is 1. The second-order valence-corrected chi connectivity index (χ2v) is 5.96. The molecule has 0 aliphatic carbocycles. The average molecular weight is 315 g/mol. The second kappa shape index (κ2) is 9.00. The van der Waals surface area contributed by atoms with Crippen LogP contribution < -0.4 is 11.1 Å². The molecule has 0 fully saturated rings. The van der Waals surface area contributed by atoms with Crippen LogP contribution in [0.4, 0.5) is 0 Å². The lowest BCUT2D eigenvalue weighted by Gasteiger charge is -2.07. The van der Waals surface area contributed by atoms with E-state index in [4.69, 9.17) is 17.3 Å². The van der Waals surface area contributed by atoms with Crippen LogP contribution in [-0.2, 0) is 4.79 Å². The van der Waals surface area contributed by atoms with Gasteiger partial charge in [0, 0.05) is 23.2 Å². The van der Waals surface area contributed by atoms with Gasteiger partial charge in [0.05, 0.1) is 11.5 Å². The molecule has 3 N–H and O–H groups in total. The van der Waals surface area contributed by atoms with E-state index in [1.165, 1.54) is 11.8 Å². The molecule has 1 rings (SSSR count). The standard InChI is InChI=1S/C14H19ClN2O2S/c1-10(16)6-7-17-14(19)9-20-8-13(18)11-2-4-12(15)5-3-11/h2-5,10H,6-9,16H2,1H3,(H,17,19). The Bertz CT molecular complexity index is 449. The summed E-state index contributed by atoms with van der Waals surface area (Å²) in [5.41, 5.74) is 6.19. The van der Waals surface area contributed by atoms with Gasteiger partial charge in [-0.25, -0.2) is 0 Å². The van der Waals surface area contributed by atoms with Crippen LogP contribution in [0.25, 0.3) is 0 Å². The SMILES string of the molecule is CC(N)CCNC(=O)CSCC(=O)c1ccc(Cl)cc1. The molecule has 110 valence electrons. The van der Waals surface area contributed by atoms with E-state index in [1.54, 1.807) is 24.3 Å². The number of carbonyl (C=O) groups excluding carboxylic acids is 2. The maximum Gasteiger partial charge on any atom is 0.230 e. The number of rotatable bonds is 8. The van der Waals surface area contributed by atoms with Gasteiger partial charge < -0.3 is 11.1 Å². The van der Waals surface area contributed by atoms with Gasteiger partial charge in [-0.2, -0.15) is 0 Å². The van der Waals surface area contributed by atoms with E-state index in [0.29, 0.717) is 17.1 Å². The first-order valence-corrected chi connectivity index (χ1v) is 7.91. The molecule has 1 unspecified atom stereocenters. The molecule has 0 saturated heterocycles. The van der Waals surface area contributed by atoms with Gasteiger partial charge in [0.1, 0.15) is 0 Å². The van der Waals surface area contributed by atoms with Gasteiger partial charge in [0.15, 0.2) is 5.78 Å². The van der Waals surface area contributed by atoms with Gasteiger partial charge in [-0.3, -0.25) is 9.59 Å². The molecule has 0 aliphatic heterocycles. The normalized spacial score (nSPS) is 11.9. The molecule has 0 saturated carbocycles. The zero-order valence-electron chi connectivity index (χ0n) is 11.4. The van der Waals surface area contributed by atoms with E-state index in [9.17, 15) is 9.59 Å². The molecule has 1 amide bonds. The maximum absolute atomic E-state index is 11.8. The monoisotopic (exact) mass is 314 g/mol. The van der Waals surface area contributed by atoms with Crippen LogP contribution in [0.2, 0.25) is 5.02 Å². The van der Waals surface area contributed by atoms with Gasteiger partial charge >= 0.3 is 0 Å². The Hall–Kier alpha value is -1.04. The summed E-state index contributed by atoms with van der Waals surface area (Å²) in [6, 6.07) is 6.82. The fourth-order valence-electron chi connectivity index (χ4n) is 1.45. The van der Waals surface area contributed by atoms with Crippen LogP contribution in [0.5, 0.6) is 0 Å². The summed E-state index contributed by atoms with van der Waals surface area (Å²) < 4.78 is 0. The third-order valence-corrected chi connectivity index (χ3v) is 3.74. The van der Waals surface area contributed by atoms with E-state index >= 15 is 0 Å². The lowest BCUT2D eigenvalue weighted by Crippen LogP contribution is -2.30. The summed E-state index contributed by atoms with van der Waals surface area (Å²) >= 11 is 7.06. The molecular weight excluding hydrogens is 296 g/mol. The number of amides is 1. The molecule has 0 spiro atoms. The number of hydrogen-bond acceptors (Lipinski definition) is 4. The van der Waals surface area contributed by atoms with E-state index in [-0.39, 0.29) is 29.2 Å². The zero-order chi connectivity index (χ0) is 15.0. The lowest BCUT2D eigenvalue weighted by molar-refractivity contribution is -0.118. The number of thioether (sulfide) groups is 1. The van der Waals surface area contributed by atoms with Crippen LogP contribution in [-0.4, -0.2) is 35.8 Å². The molecule has 0 aromatic heterocycles. The van der Waals surface area contributed by atoms with Crippen molar-refractivity contribution in [1.82, 2.24) is 5.32 Å². The highest BCUT2D eigenvalue weighted by molar-refractivity contribution is 8.00. The topological polar surface area (TPSA) is 72.2 Å². The van der Waals surface area contributed by atoms with E-state index in [2.05, 4.69) is 5.32 Å². The Kier molecular flexibility index (Phi) is 7.65. The number of Topliss-reactive ketones (excluding diaryl/α,β-unsaturated/α-hetero) is 1. The van der Waals surface area contributed by atoms with Crippen molar-refractivity contribution >= 4 is 35.1 Å². The fourth-order valence-corrected chi connectivity index (χ4v) is 2.31. The van der Waals surface area contributed by atoms with Crippen LogP contribution >= 0.6 is 23.4 Å². The summed E-state index contributed by atoms with van der Waals surface area (Å²) in [6.07, 6.45) is 0.750. The summed E-state index contributed by atoms with van der Waals surface area (Å²) in [4.78, 5) is 23.3. The minimum absolute atomic E-state index is 0.00459. The van der Waals surface area contributed by atoms with Crippen LogP contribution in [0, 0.1) is 0 Å². The van der Waals surface area contributed by atoms with Crippen molar-refractivity contribution in [2.75, 3.05) is 18.1 Å². The number of hydrogen-bond donors (Lipinski definition) is 2. The Balaban J connectivity index is 2.21. The van der Waals surface area contributed by atoms with Crippen LogP contribution in [0.3, 0.4) is 0 Å². The van der Waals surface area contributed by atoms with Crippen molar-refractivity contribution in [2.24, 2.45) is 5.73 Å². The van der Waals surface area contributed by atoms with Gasteiger partial charge in [-0.05, 0) is 37.6 Å². The molecule has 1 aromatic rings. The molecule has 20 heavy (non-hydrogen) atoms. The molecule has 0 heterocycles. The predicted octanol–water partition coefficient (Wildman–Crippen LogP) is 2.11. The molecule has 0 radical (unpaired) electrons. The van der Waals surface area contributed by atoms with Gasteiger partial charge in [-0.1, -0.05) is 11.6 Å². The molecule has 1 aromatic carbocycles. The Morgan fingerprint density at radius 3 is 2.55 bits per heavy atom. The minimum Gasteiger partial charge on any atom is -0.355 e. The number of carbonyl (C=O) groups is 2. The minimum atomic E-state index is -0.0699. The molecule has 1 atom stereocenters. The van der Waals surface area contributed by atoms with Crippen LogP contribution in [0.1, 0.15) is 23.7 Å². The summed E-state index contributed by atoms with van der Waals surface area (Å²) in [5.74, 6) is 0.482. The number of nitrogens with one attached hydrogen (secondary N) is 1.